The van der Waals surface area contributed by atoms with Crippen molar-refractivity contribution in [3.8, 4) is 0 Å². The van der Waals surface area contributed by atoms with E-state index in [4.69, 9.17) is 5.73 Å². The number of nitrogens with zero attached hydrogens (tertiary/aromatic N) is 2. The quantitative estimate of drug-likeness (QED) is 0.618. The summed E-state index contributed by atoms with van der Waals surface area (Å²) in [5.41, 5.74) is 6.97. The third kappa shape index (κ3) is 4.33. The van der Waals surface area contributed by atoms with Gasteiger partial charge in [0.05, 0.1) is 18.1 Å². The van der Waals surface area contributed by atoms with E-state index in [2.05, 4.69) is 15.6 Å². The molecule has 0 saturated carbocycles. The van der Waals surface area contributed by atoms with E-state index in [-0.39, 0.29) is 23.5 Å². The van der Waals surface area contributed by atoms with Gasteiger partial charge in [0.15, 0.2) is 0 Å². The number of carbonyl (C=O) groups is 3. The molecular weight excluding hydrogens is 346 g/mol. The van der Waals surface area contributed by atoms with Crippen molar-refractivity contribution in [1.29, 1.82) is 0 Å². The largest absolute Gasteiger partial charge is 0.343 e. The Labute approximate surface area is 159 Å². The Bertz CT molecular complexity index is 721. The first kappa shape index (κ1) is 21.0. The average Bonchev–Trinajstić information content (AvgIpc) is 3.02. The molecular formula is C19H29N5O3. The van der Waals surface area contributed by atoms with Gasteiger partial charge in [0.25, 0.3) is 5.91 Å². The standard InChI is InChI=1S/C19H29N5O3/c1-10(2)16(23-18(26)11(3)21-5)19(27)24-14(15(20)12(4)25)9-13-7-6-8-22-17(13)24/h6-8,10-11,14-16,21H,9,20H2,1-5H3,(H,23,26)/t11-,14?,15?,16-/m0/s1. The lowest BCUT2D eigenvalue weighted by Crippen LogP contribution is -2.59. The van der Waals surface area contributed by atoms with E-state index in [1.54, 1.807) is 26.2 Å². The number of ketones is 1. The summed E-state index contributed by atoms with van der Waals surface area (Å²) in [4.78, 5) is 43.5. The highest BCUT2D eigenvalue weighted by molar-refractivity contribution is 6.02. The minimum absolute atomic E-state index is 0.146. The molecule has 2 heterocycles. The molecule has 0 fully saturated rings. The van der Waals surface area contributed by atoms with Crippen molar-refractivity contribution in [1.82, 2.24) is 15.6 Å². The molecule has 0 aliphatic carbocycles. The number of rotatable bonds is 7. The number of hydrogen-bond donors (Lipinski definition) is 3. The van der Waals surface area contributed by atoms with Crippen molar-refractivity contribution in [2.24, 2.45) is 11.7 Å². The number of hydrogen-bond acceptors (Lipinski definition) is 6. The summed E-state index contributed by atoms with van der Waals surface area (Å²) >= 11 is 0. The molecule has 0 saturated heterocycles. The monoisotopic (exact) mass is 375 g/mol. The molecule has 4 atom stereocenters. The molecule has 0 aromatic carbocycles. The lowest BCUT2D eigenvalue weighted by Gasteiger charge is -2.33. The summed E-state index contributed by atoms with van der Waals surface area (Å²) in [7, 11) is 1.68. The number of likely N-dealkylation sites (N-methyl/N-ethyl adjacent to an activating group) is 1. The van der Waals surface area contributed by atoms with Crippen LogP contribution in [0.2, 0.25) is 0 Å². The van der Waals surface area contributed by atoms with Gasteiger partial charge >= 0.3 is 0 Å². The zero-order valence-corrected chi connectivity index (χ0v) is 16.5. The number of Topliss-reactive ketones (excluding diaryl/α,β-unsaturated/α-hetero) is 1. The molecule has 1 aromatic rings. The minimum Gasteiger partial charge on any atom is -0.343 e. The van der Waals surface area contributed by atoms with Crippen LogP contribution in [-0.2, 0) is 20.8 Å². The Morgan fingerprint density at radius 2 is 1.96 bits per heavy atom. The zero-order chi connectivity index (χ0) is 20.3. The Kier molecular flexibility index (Phi) is 6.67. The van der Waals surface area contributed by atoms with Gasteiger partial charge in [-0.1, -0.05) is 19.9 Å². The summed E-state index contributed by atoms with van der Waals surface area (Å²) in [6.45, 7) is 6.86. The maximum Gasteiger partial charge on any atom is 0.251 e. The first-order valence-electron chi connectivity index (χ1n) is 9.19. The molecule has 1 aliphatic rings. The molecule has 4 N–H and O–H groups in total. The Hall–Kier alpha value is -2.32. The van der Waals surface area contributed by atoms with Gasteiger partial charge in [0.2, 0.25) is 5.91 Å². The van der Waals surface area contributed by atoms with Crippen LogP contribution < -0.4 is 21.3 Å². The Morgan fingerprint density at radius 1 is 1.30 bits per heavy atom. The molecule has 2 amide bonds. The average molecular weight is 375 g/mol. The number of amides is 2. The van der Waals surface area contributed by atoms with E-state index in [1.165, 1.54) is 11.8 Å². The van der Waals surface area contributed by atoms with Crippen LogP contribution in [-0.4, -0.2) is 53.8 Å². The minimum atomic E-state index is -0.817. The normalized spacial score (nSPS) is 19.4. The summed E-state index contributed by atoms with van der Waals surface area (Å²) in [6, 6.07) is 1.16. The van der Waals surface area contributed by atoms with E-state index in [0.29, 0.717) is 12.2 Å². The summed E-state index contributed by atoms with van der Waals surface area (Å²) in [5.74, 6) is -0.406. The van der Waals surface area contributed by atoms with Crippen molar-refractivity contribution >= 4 is 23.4 Å². The van der Waals surface area contributed by atoms with Gasteiger partial charge in [-0.25, -0.2) is 4.98 Å². The molecule has 8 heteroatoms. The predicted molar refractivity (Wildman–Crippen MR) is 103 cm³/mol. The fraction of sp³-hybridized carbons (Fsp3) is 0.579. The van der Waals surface area contributed by atoms with Gasteiger partial charge in [-0.3, -0.25) is 19.3 Å². The number of anilines is 1. The van der Waals surface area contributed by atoms with Gasteiger partial charge in [-0.2, -0.15) is 0 Å². The Morgan fingerprint density at radius 3 is 2.52 bits per heavy atom. The van der Waals surface area contributed by atoms with E-state index in [9.17, 15) is 14.4 Å². The molecule has 0 spiro atoms. The highest BCUT2D eigenvalue weighted by atomic mass is 16.2. The number of aromatic nitrogens is 1. The van der Waals surface area contributed by atoms with Gasteiger partial charge in [-0.05, 0) is 44.9 Å². The summed E-state index contributed by atoms with van der Waals surface area (Å²) < 4.78 is 0. The van der Waals surface area contributed by atoms with Crippen LogP contribution in [0, 0.1) is 5.92 Å². The third-order valence-electron chi connectivity index (χ3n) is 5.03. The van der Waals surface area contributed by atoms with Crippen molar-refractivity contribution in [2.75, 3.05) is 11.9 Å². The second-order valence-electron chi connectivity index (χ2n) is 7.34. The maximum absolute atomic E-state index is 13.4. The van der Waals surface area contributed by atoms with Crippen LogP contribution in [0.1, 0.15) is 33.3 Å². The molecule has 2 unspecified atom stereocenters. The van der Waals surface area contributed by atoms with Crippen LogP contribution in [0.25, 0.3) is 0 Å². The van der Waals surface area contributed by atoms with Crippen molar-refractivity contribution in [3.05, 3.63) is 23.9 Å². The lowest BCUT2D eigenvalue weighted by molar-refractivity contribution is -0.129. The molecule has 1 aromatic heterocycles. The molecule has 2 rings (SSSR count). The van der Waals surface area contributed by atoms with Gasteiger partial charge in [0, 0.05) is 6.20 Å². The predicted octanol–water partition coefficient (Wildman–Crippen LogP) is 0.00430. The molecule has 27 heavy (non-hydrogen) atoms. The van der Waals surface area contributed by atoms with Gasteiger partial charge in [0.1, 0.15) is 17.6 Å². The summed E-state index contributed by atoms with van der Waals surface area (Å²) in [5, 5.41) is 5.68. The van der Waals surface area contributed by atoms with Crippen LogP contribution in [0.3, 0.4) is 0 Å². The highest BCUT2D eigenvalue weighted by Gasteiger charge is 2.43. The summed E-state index contributed by atoms with van der Waals surface area (Å²) in [6.07, 6.45) is 2.06. The fourth-order valence-corrected chi connectivity index (χ4v) is 3.18. The maximum atomic E-state index is 13.4. The number of fused-ring (bicyclic) bond motifs is 1. The van der Waals surface area contributed by atoms with E-state index in [1.807, 2.05) is 19.9 Å². The molecule has 1 aliphatic heterocycles. The van der Waals surface area contributed by atoms with Crippen LogP contribution in [0.15, 0.2) is 18.3 Å². The number of carbonyl (C=O) groups excluding carboxylic acids is 3. The fourth-order valence-electron chi connectivity index (χ4n) is 3.18. The second-order valence-corrected chi connectivity index (χ2v) is 7.34. The highest BCUT2D eigenvalue weighted by Crippen LogP contribution is 2.32. The van der Waals surface area contributed by atoms with Crippen LogP contribution >= 0.6 is 0 Å². The van der Waals surface area contributed by atoms with E-state index in [0.717, 1.165) is 5.56 Å². The number of nitrogens with one attached hydrogen (secondary N) is 2. The third-order valence-corrected chi connectivity index (χ3v) is 5.03. The zero-order valence-electron chi connectivity index (χ0n) is 16.5. The lowest BCUT2D eigenvalue weighted by atomic mass is 9.98. The van der Waals surface area contributed by atoms with Crippen LogP contribution in [0.5, 0.6) is 0 Å². The number of nitrogens with two attached hydrogens (primary N) is 1. The van der Waals surface area contributed by atoms with Gasteiger partial charge in [-0.15, -0.1) is 0 Å². The van der Waals surface area contributed by atoms with Gasteiger partial charge < -0.3 is 16.4 Å². The number of pyridine rings is 1. The first-order chi connectivity index (χ1) is 12.7. The van der Waals surface area contributed by atoms with Crippen molar-refractivity contribution in [2.45, 2.75) is 58.3 Å². The molecule has 8 nitrogen and oxygen atoms in total. The smallest absolute Gasteiger partial charge is 0.251 e. The SMILES string of the molecule is CN[C@@H](C)C(=O)N[C@H](C(=O)N1c2ncccc2CC1C(N)C(C)=O)C(C)C. The van der Waals surface area contributed by atoms with Crippen molar-refractivity contribution < 1.29 is 14.4 Å². The van der Waals surface area contributed by atoms with Crippen molar-refractivity contribution in [3.63, 3.8) is 0 Å². The molecule has 0 radical (unpaired) electrons. The van der Waals surface area contributed by atoms with Crippen LogP contribution in [0.4, 0.5) is 5.82 Å². The molecule has 148 valence electrons. The van der Waals surface area contributed by atoms with E-state index < -0.39 is 24.2 Å². The topological polar surface area (TPSA) is 117 Å². The van der Waals surface area contributed by atoms with E-state index >= 15 is 0 Å². The Balaban J connectivity index is 2.38. The molecule has 0 bridgehead atoms. The second kappa shape index (κ2) is 8.58. The first-order valence-corrected chi connectivity index (χ1v) is 9.19.